The molecule has 1 unspecified atom stereocenters. The molecule has 3 nitrogen and oxygen atoms in total. The van der Waals surface area contributed by atoms with Gasteiger partial charge in [-0.05, 0) is 18.6 Å². The van der Waals surface area contributed by atoms with Crippen LogP contribution in [0.25, 0.3) is 0 Å². The number of pyridine rings is 1. The van der Waals surface area contributed by atoms with Crippen LogP contribution in [0.15, 0.2) is 54.7 Å². The second-order valence-corrected chi connectivity index (χ2v) is 3.92. The summed E-state index contributed by atoms with van der Waals surface area (Å²) in [5, 5.41) is 13.7. The van der Waals surface area contributed by atoms with Crippen LogP contribution < -0.4 is 5.32 Å². The zero-order valence-electron chi connectivity index (χ0n) is 9.80. The highest BCUT2D eigenvalue weighted by Gasteiger charge is 2.26. The average molecular weight is 228 g/mol. The molecule has 1 aromatic carbocycles. The smallest absolute Gasteiger partial charge is 0.162 e. The minimum atomic E-state index is -1.07. The van der Waals surface area contributed by atoms with E-state index in [1.165, 1.54) is 0 Å². The molecule has 0 radical (unpaired) electrons. The lowest BCUT2D eigenvalue weighted by Gasteiger charge is -2.29. The summed E-state index contributed by atoms with van der Waals surface area (Å²) in [6.07, 6.45) is 2.26. The fraction of sp³-hybridized carbons (Fsp3) is 0.214. The summed E-state index contributed by atoms with van der Waals surface area (Å²) in [6, 6.07) is 15.1. The molecule has 2 rings (SSSR count). The lowest BCUT2D eigenvalue weighted by atomic mass is 10.00. The van der Waals surface area contributed by atoms with Gasteiger partial charge in [0.05, 0.1) is 0 Å². The van der Waals surface area contributed by atoms with Crippen LogP contribution in [0.2, 0.25) is 0 Å². The number of hydrogen-bond acceptors (Lipinski definition) is 3. The Hall–Kier alpha value is -1.87. The number of benzene rings is 1. The maximum absolute atomic E-state index is 10.6. The van der Waals surface area contributed by atoms with Crippen molar-refractivity contribution in [2.45, 2.75) is 19.1 Å². The van der Waals surface area contributed by atoms with Gasteiger partial charge in [0.2, 0.25) is 0 Å². The predicted octanol–water partition coefficient (Wildman–Crippen LogP) is 2.75. The van der Waals surface area contributed by atoms with E-state index in [4.69, 9.17) is 0 Å². The molecule has 0 bridgehead atoms. The maximum Gasteiger partial charge on any atom is 0.162 e. The fourth-order valence-electron chi connectivity index (χ4n) is 1.73. The number of hydrogen-bond donors (Lipinski definition) is 2. The minimum absolute atomic E-state index is 0.563. The Bertz CT molecular complexity index is 458. The Morgan fingerprint density at radius 2 is 1.82 bits per heavy atom. The number of aromatic nitrogens is 1. The Labute approximate surface area is 101 Å². The summed E-state index contributed by atoms with van der Waals surface area (Å²) in [7, 11) is 0. The predicted molar refractivity (Wildman–Crippen MR) is 68.5 cm³/mol. The maximum atomic E-state index is 10.6. The molecule has 0 fully saturated rings. The third-order valence-corrected chi connectivity index (χ3v) is 2.76. The van der Waals surface area contributed by atoms with Crippen molar-refractivity contribution < 1.29 is 5.11 Å². The SMILES string of the molecule is CCC(O)(Nc1ccccn1)c1ccccc1. The molecule has 0 spiro atoms. The summed E-state index contributed by atoms with van der Waals surface area (Å²) in [5.41, 5.74) is -0.233. The van der Waals surface area contributed by atoms with Crippen LogP contribution in [-0.4, -0.2) is 10.1 Å². The van der Waals surface area contributed by atoms with Crippen molar-refractivity contribution in [3.05, 3.63) is 60.3 Å². The molecule has 0 saturated carbocycles. The molecule has 0 saturated heterocycles. The van der Waals surface area contributed by atoms with Crippen LogP contribution in [0.3, 0.4) is 0 Å². The summed E-state index contributed by atoms with van der Waals surface area (Å²) in [5.74, 6) is 0.667. The molecule has 0 amide bonds. The van der Waals surface area contributed by atoms with Crippen LogP contribution in [0, 0.1) is 0 Å². The zero-order valence-corrected chi connectivity index (χ0v) is 9.80. The van der Waals surface area contributed by atoms with E-state index >= 15 is 0 Å². The second kappa shape index (κ2) is 4.97. The molecular formula is C14H16N2O. The molecule has 0 aliphatic rings. The Morgan fingerprint density at radius 3 is 2.41 bits per heavy atom. The highest BCUT2D eigenvalue weighted by molar-refractivity contribution is 5.39. The average Bonchev–Trinajstić information content (AvgIpc) is 2.41. The van der Waals surface area contributed by atoms with E-state index in [1.807, 2.05) is 55.5 Å². The normalized spacial score (nSPS) is 14.0. The van der Waals surface area contributed by atoms with Crippen molar-refractivity contribution in [2.75, 3.05) is 5.32 Å². The summed E-state index contributed by atoms with van der Waals surface area (Å²) >= 11 is 0. The van der Waals surface area contributed by atoms with Crippen molar-refractivity contribution in [2.24, 2.45) is 0 Å². The minimum Gasteiger partial charge on any atom is -0.367 e. The van der Waals surface area contributed by atoms with Crippen LogP contribution in [0.5, 0.6) is 0 Å². The van der Waals surface area contributed by atoms with Gasteiger partial charge in [-0.15, -0.1) is 0 Å². The van der Waals surface area contributed by atoms with Crippen molar-refractivity contribution >= 4 is 5.82 Å². The van der Waals surface area contributed by atoms with Gasteiger partial charge in [0.25, 0.3) is 0 Å². The monoisotopic (exact) mass is 228 g/mol. The zero-order chi connectivity index (χ0) is 12.1. The molecular weight excluding hydrogens is 212 g/mol. The summed E-state index contributed by atoms with van der Waals surface area (Å²) < 4.78 is 0. The number of nitrogens with one attached hydrogen (secondary N) is 1. The molecule has 0 aliphatic heterocycles. The van der Waals surface area contributed by atoms with Crippen LogP contribution >= 0.6 is 0 Å². The van der Waals surface area contributed by atoms with Gasteiger partial charge >= 0.3 is 0 Å². The number of nitrogens with zero attached hydrogens (tertiary/aromatic N) is 1. The first-order chi connectivity index (χ1) is 8.24. The molecule has 88 valence electrons. The number of aliphatic hydroxyl groups is 1. The van der Waals surface area contributed by atoms with Gasteiger partial charge in [-0.2, -0.15) is 0 Å². The van der Waals surface area contributed by atoms with E-state index in [2.05, 4.69) is 10.3 Å². The van der Waals surface area contributed by atoms with Gasteiger partial charge in [-0.25, -0.2) is 4.98 Å². The van der Waals surface area contributed by atoms with Gasteiger partial charge in [-0.3, -0.25) is 0 Å². The first-order valence-corrected chi connectivity index (χ1v) is 5.72. The van der Waals surface area contributed by atoms with E-state index in [0.29, 0.717) is 12.2 Å². The van der Waals surface area contributed by atoms with Gasteiger partial charge in [0.15, 0.2) is 5.72 Å². The second-order valence-electron chi connectivity index (χ2n) is 3.92. The molecule has 1 aromatic heterocycles. The number of anilines is 1. The molecule has 2 N–H and O–H groups in total. The van der Waals surface area contributed by atoms with Crippen molar-refractivity contribution in [3.63, 3.8) is 0 Å². The van der Waals surface area contributed by atoms with Crippen LogP contribution in [0.4, 0.5) is 5.82 Å². The van der Waals surface area contributed by atoms with Crippen molar-refractivity contribution in [1.29, 1.82) is 0 Å². The first-order valence-electron chi connectivity index (χ1n) is 5.72. The molecule has 3 heteroatoms. The first kappa shape index (κ1) is 11.6. The molecule has 2 aromatic rings. The van der Waals surface area contributed by atoms with Gasteiger partial charge < -0.3 is 10.4 Å². The molecule has 0 aliphatic carbocycles. The fourth-order valence-corrected chi connectivity index (χ4v) is 1.73. The molecule has 1 atom stereocenters. The lowest BCUT2D eigenvalue weighted by Crippen LogP contribution is -2.34. The van der Waals surface area contributed by atoms with Crippen LogP contribution in [0.1, 0.15) is 18.9 Å². The Morgan fingerprint density at radius 1 is 1.12 bits per heavy atom. The topological polar surface area (TPSA) is 45.1 Å². The lowest BCUT2D eigenvalue weighted by molar-refractivity contribution is 0.0628. The van der Waals surface area contributed by atoms with E-state index in [0.717, 1.165) is 5.56 Å². The van der Waals surface area contributed by atoms with E-state index in [1.54, 1.807) is 6.20 Å². The number of rotatable bonds is 4. The van der Waals surface area contributed by atoms with Gasteiger partial charge in [0, 0.05) is 11.8 Å². The summed E-state index contributed by atoms with van der Waals surface area (Å²) in [6.45, 7) is 1.93. The van der Waals surface area contributed by atoms with Gasteiger partial charge in [-0.1, -0.05) is 43.3 Å². The van der Waals surface area contributed by atoms with Gasteiger partial charge in [0.1, 0.15) is 5.82 Å². The van der Waals surface area contributed by atoms with Crippen molar-refractivity contribution in [1.82, 2.24) is 4.98 Å². The van der Waals surface area contributed by atoms with Crippen LogP contribution in [-0.2, 0) is 5.72 Å². The Balaban J connectivity index is 2.27. The highest BCUT2D eigenvalue weighted by Crippen LogP contribution is 2.25. The quantitative estimate of drug-likeness (QED) is 0.791. The van der Waals surface area contributed by atoms with E-state index in [-0.39, 0.29) is 0 Å². The van der Waals surface area contributed by atoms with Crippen molar-refractivity contribution in [3.8, 4) is 0 Å². The largest absolute Gasteiger partial charge is 0.367 e. The third-order valence-electron chi connectivity index (χ3n) is 2.76. The Kier molecular flexibility index (Phi) is 3.40. The van der Waals surface area contributed by atoms with E-state index in [9.17, 15) is 5.11 Å². The molecule has 17 heavy (non-hydrogen) atoms. The van der Waals surface area contributed by atoms with E-state index < -0.39 is 5.72 Å². The highest BCUT2D eigenvalue weighted by atomic mass is 16.3. The standard InChI is InChI=1S/C14H16N2O/c1-2-14(17,12-8-4-3-5-9-12)16-13-10-6-7-11-15-13/h3-11,17H,2H2,1H3,(H,15,16). The molecule has 1 heterocycles. The summed E-state index contributed by atoms with van der Waals surface area (Å²) in [4.78, 5) is 4.17. The third kappa shape index (κ3) is 2.63.